The highest BCUT2D eigenvalue weighted by molar-refractivity contribution is 7.91. The maximum absolute atomic E-state index is 12.2. The third-order valence-electron chi connectivity index (χ3n) is 4.10. The van der Waals surface area contributed by atoms with Gasteiger partial charge in [-0.3, -0.25) is 14.4 Å². The maximum Gasteiger partial charge on any atom is 0.325 e. The van der Waals surface area contributed by atoms with Crippen LogP contribution < -0.4 is 10.6 Å². The number of carbonyl (C=O) groups excluding carboxylic acids is 3. The van der Waals surface area contributed by atoms with Gasteiger partial charge in [0.15, 0.2) is 16.4 Å². The summed E-state index contributed by atoms with van der Waals surface area (Å²) >= 11 is 7.42. The quantitative estimate of drug-likeness (QED) is 0.645. The third-order valence-corrected chi connectivity index (χ3v) is 7.54. The number of thiophene rings is 1. The molecule has 0 radical (unpaired) electrons. The Bertz CT molecular complexity index is 1030. The predicted octanol–water partition coefficient (Wildman–Crippen LogP) is 1.13. The lowest BCUT2D eigenvalue weighted by Crippen LogP contribution is -2.39. The number of nitrogens with one attached hydrogen (secondary N) is 2. The number of rotatable bonds is 6. The van der Waals surface area contributed by atoms with Crippen LogP contribution in [0.25, 0.3) is 10.1 Å². The molecule has 0 spiro atoms. The van der Waals surface area contributed by atoms with Gasteiger partial charge in [-0.25, -0.2) is 8.42 Å². The average molecular weight is 445 g/mol. The van der Waals surface area contributed by atoms with Gasteiger partial charge in [-0.05, 0) is 12.5 Å². The smallest absolute Gasteiger partial charge is 0.325 e. The highest BCUT2D eigenvalue weighted by atomic mass is 35.5. The van der Waals surface area contributed by atoms with E-state index in [4.69, 9.17) is 16.3 Å². The monoisotopic (exact) mass is 444 g/mol. The summed E-state index contributed by atoms with van der Waals surface area (Å²) in [6.07, 6.45) is 0.341. The van der Waals surface area contributed by atoms with Crippen molar-refractivity contribution in [3.63, 3.8) is 0 Å². The fourth-order valence-electron chi connectivity index (χ4n) is 2.77. The van der Waals surface area contributed by atoms with Crippen molar-refractivity contribution in [1.29, 1.82) is 0 Å². The Labute approximate surface area is 170 Å². The highest BCUT2D eigenvalue weighted by Gasteiger charge is 2.29. The number of sulfone groups is 1. The lowest BCUT2D eigenvalue weighted by Gasteiger charge is -2.11. The summed E-state index contributed by atoms with van der Waals surface area (Å²) in [5.41, 5.74) is 0. The molecule has 0 saturated carbocycles. The first-order valence-corrected chi connectivity index (χ1v) is 11.4. The van der Waals surface area contributed by atoms with Gasteiger partial charge in [-0.1, -0.05) is 29.8 Å². The number of amides is 2. The van der Waals surface area contributed by atoms with Crippen molar-refractivity contribution in [1.82, 2.24) is 10.6 Å². The molecule has 1 aliphatic heterocycles. The summed E-state index contributed by atoms with van der Waals surface area (Å²) < 4.78 is 28.3. The molecule has 150 valence electrons. The van der Waals surface area contributed by atoms with Gasteiger partial charge in [0.05, 0.1) is 16.5 Å². The van der Waals surface area contributed by atoms with E-state index in [9.17, 15) is 22.8 Å². The summed E-state index contributed by atoms with van der Waals surface area (Å²) in [5, 5.41) is 5.99. The van der Waals surface area contributed by atoms with Crippen LogP contribution in [0.2, 0.25) is 5.02 Å². The average Bonchev–Trinajstić information content (AvgIpc) is 3.17. The molecule has 1 aromatic heterocycles. The molecule has 28 heavy (non-hydrogen) atoms. The van der Waals surface area contributed by atoms with Crippen molar-refractivity contribution in [3.8, 4) is 0 Å². The first-order chi connectivity index (χ1) is 13.2. The maximum atomic E-state index is 12.2. The lowest BCUT2D eigenvalue weighted by atomic mass is 10.2. The van der Waals surface area contributed by atoms with Gasteiger partial charge in [-0.15, -0.1) is 11.3 Å². The van der Waals surface area contributed by atoms with Crippen LogP contribution in [-0.4, -0.2) is 56.9 Å². The molecule has 2 aromatic rings. The number of hydrogen-bond acceptors (Lipinski definition) is 7. The first-order valence-electron chi connectivity index (χ1n) is 8.36. The van der Waals surface area contributed by atoms with Crippen LogP contribution in [-0.2, 0) is 24.2 Å². The second-order valence-electron chi connectivity index (χ2n) is 6.25. The first kappa shape index (κ1) is 20.6. The molecular formula is C17H17ClN2O6S2. The number of fused-ring (bicyclic) bond motifs is 1. The van der Waals surface area contributed by atoms with E-state index in [2.05, 4.69) is 10.6 Å². The van der Waals surface area contributed by atoms with Crippen LogP contribution in [0.15, 0.2) is 24.3 Å². The van der Waals surface area contributed by atoms with Crippen LogP contribution in [0.5, 0.6) is 0 Å². The molecule has 1 aliphatic rings. The molecule has 2 heterocycles. The number of benzene rings is 1. The Hall–Kier alpha value is -2.17. The van der Waals surface area contributed by atoms with Gasteiger partial charge in [-0.2, -0.15) is 0 Å². The third kappa shape index (κ3) is 5.00. The molecule has 0 bridgehead atoms. The second kappa shape index (κ2) is 8.46. The van der Waals surface area contributed by atoms with Gasteiger partial charge >= 0.3 is 5.97 Å². The minimum absolute atomic E-state index is 0.0318. The number of hydrogen-bond donors (Lipinski definition) is 2. The summed E-state index contributed by atoms with van der Waals surface area (Å²) in [5.74, 6) is -1.97. The van der Waals surface area contributed by atoms with E-state index in [0.29, 0.717) is 11.4 Å². The molecule has 11 heteroatoms. The molecule has 1 fully saturated rings. The van der Waals surface area contributed by atoms with Crippen molar-refractivity contribution >= 4 is 60.6 Å². The van der Waals surface area contributed by atoms with Crippen molar-refractivity contribution in [2.75, 3.05) is 24.7 Å². The molecule has 1 saturated heterocycles. The fraction of sp³-hybridized carbons (Fsp3) is 0.353. The number of carbonyl (C=O) groups is 3. The molecule has 0 unspecified atom stereocenters. The van der Waals surface area contributed by atoms with Crippen molar-refractivity contribution in [3.05, 3.63) is 34.2 Å². The van der Waals surface area contributed by atoms with Gasteiger partial charge < -0.3 is 15.4 Å². The van der Waals surface area contributed by atoms with Gasteiger partial charge in [0.1, 0.15) is 11.4 Å². The predicted molar refractivity (Wildman–Crippen MR) is 105 cm³/mol. The summed E-state index contributed by atoms with van der Waals surface area (Å²) in [4.78, 5) is 36.0. The minimum atomic E-state index is -3.11. The second-order valence-corrected chi connectivity index (χ2v) is 9.91. The Morgan fingerprint density at radius 3 is 2.68 bits per heavy atom. The molecular weight excluding hydrogens is 428 g/mol. The van der Waals surface area contributed by atoms with Crippen molar-refractivity contribution in [2.24, 2.45) is 0 Å². The van der Waals surface area contributed by atoms with Crippen molar-refractivity contribution in [2.45, 2.75) is 12.5 Å². The fourth-order valence-corrected chi connectivity index (χ4v) is 5.87. The number of halogens is 1. The molecule has 0 aliphatic carbocycles. The molecule has 1 atom stereocenters. The van der Waals surface area contributed by atoms with Gasteiger partial charge in [0, 0.05) is 16.1 Å². The molecule has 8 nitrogen and oxygen atoms in total. The summed E-state index contributed by atoms with van der Waals surface area (Å²) in [6.45, 7) is -0.969. The standard InChI is InChI=1S/C17H17ClN2O6S2/c18-15-11-3-1-2-4-12(11)27-16(15)17(23)19-7-14(22)26-8-13(21)20-10-5-6-28(24,25)9-10/h1-4,10H,5-9H2,(H,19,23)(H,20,21)/t10-/m1/s1. The van der Waals surface area contributed by atoms with E-state index in [1.54, 1.807) is 6.07 Å². The Morgan fingerprint density at radius 1 is 1.25 bits per heavy atom. The summed E-state index contributed by atoms with van der Waals surface area (Å²) in [6, 6.07) is 6.82. The van der Waals surface area contributed by atoms with Gasteiger partial charge in [0.2, 0.25) is 0 Å². The van der Waals surface area contributed by atoms with E-state index in [0.717, 1.165) is 10.1 Å². The zero-order chi connectivity index (χ0) is 20.3. The SMILES string of the molecule is O=C(COC(=O)CNC(=O)c1sc2ccccc2c1Cl)N[C@@H]1CCS(=O)(=O)C1. The van der Waals surface area contributed by atoms with E-state index in [1.165, 1.54) is 11.3 Å². The van der Waals surface area contributed by atoms with Crippen LogP contribution in [0.3, 0.4) is 0 Å². The zero-order valence-electron chi connectivity index (χ0n) is 14.6. The van der Waals surface area contributed by atoms with E-state index >= 15 is 0 Å². The van der Waals surface area contributed by atoms with Gasteiger partial charge in [0.25, 0.3) is 11.8 Å². The molecule has 1 aromatic carbocycles. The number of esters is 1. The number of ether oxygens (including phenoxy) is 1. The van der Waals surface area contributed by atoms with E-state index in [1.807, 2.05) is 18.2 Å². The van der Waals surface area contributed by atoms with Crippen LogP contribution in [0, 0.1) is 0 Å². The Kier molecular flexibility index (Phi) is 6.21. The highest BCUT2D eigenvalue weighted by Crippen LogP contribution is 2.34. The molecule has 2 amide bonds. The summed E-state index contributed by atoms with van der Waals surface area (Å²) in [7, 11) is -3.11. The normalized spacial score (nSPS) is 18.0. The van der Waals surface area contributed by atoms with Crippen LogP contribution in [0.1, 0.15) is 16.1 Å². The lowest BCUT2D eigenvalue weighted by molar-refractivity contribution is -0.147. The largest absolute Gasteiger partial charge is 0.454 e. The Balaban J connectivity index is 1.44. The van der Waals surface area contributed by atoms with E-state index < -0.39 is 46.8 Å². The Morgan fingerprint density at radius 2 is 2.00 bits per heavy atom. The molecule has 3 rings (SSSR count). The van der Waals surface area contributed by atoms with Crippen molar-refractivity contribution < 1.29 is 27.5 Å². The zero-order valence-corrected chi connectivity index (χ0v) is 17.0. The van der Waals surface area contributed by atoms with Crippen LogP contribution in [0.4, 0.5) is 0 Å². The minimum Gasteiger partial charge on any atom is -0.454 e. The van der Waals surface area contributed by atoms with Crippen LogP contribution >= 0.6 is 22.9 Å². The topological polar surface area (TPSA) is 119 Å². The molecule has 2 N–H and O–H groups in total. The van der Waals surface area contributed by atoms with E-state index in [-0.39, 0.29) is 16.4 Å².